The molecule has 0 amide bonds. The van der Waals surface area contributed by atoms with Crippen LogP contribution in [0.15, 0.2) is 182 Å². The summed E-state index contributed by atoms with van der Waals surface area (Å²) in [5.41, 5.74) is 12.0. The lowest BCUT2D eigenvalue weighted by molar-refractivity contribution is 0.484. The lowest BCUT2D eigenvalue weighted by Gasteiger charge is -2.14. The van der Waals surface area contributed by atoms with Gasteiger partial charge in [-0.05, 0) is 60.3 Å². The van der Waals surface area contributed by atoms with Gasteiger partial charge in [0.25, 0.3) is 11.4 Å². The minimum absolute atomic E-state index is 0.498. The molecule has 294 valence electrons. The van der Waals surface area contributed by atoms with E-state index in [1.165, 1.54) is 5.56 Å². The summed E-state index contributed by atoms with van der Waals surface area (Å²) in [4.78, 5) is 20.2. The number of aryl methyl sites for hydroxylation is 3. The highest BCUT2D eigenvalue weighted by atomic mass is 16.5. The minimum Gasteiger partial charge on any atom is -0.456 e. The number of benzene rings is 7. The Morgan fingerprint density at radius 2 is 1.08 bits per heavy atom. The summed E-state index contributed by atoms with van der Waals surface area (Å²) in [5, 5.41) is 2.09. The molecule has 0 spiro atoms. The zero-order chi connectivity index (χ0) is 41.7. The van der Waals surface area contributed by atoms with E-state index < -0.39 is 0 Å². The van der Waals surface area contributed by atoms with Crippen molar-refractivity contribution >= 4 is 50.6 Å². The maximum absolute atomic E-state index is 7.09. The van der Waals surface area contributed by atoms with Gasteiger partial charge in [0, 0.05) is 64.5 Å². The summed E-state index contributed by atoms with van der Waals surface area (Å²) in [5.74, 6) is 3.68. The first-order chi connectivity index (χ1) is 30.4. The van der Waals surface area contributed by atoms with Crippen molar-refractivity contribution in [2.45, 2.75) is 20.8 Å². The Labute approximate surface area is 358 Å². The van der Waals surface area contributed by atoms with E-state index in [4.69, 9.17) is 24.7 Å². The van der Waals surface area contributed by atoms with E-state index in [-0.39, 0.29) is 0 Å². The smallest absolute Gasteiger partial charge is 0.456 e. The molecule has 11 rings (SSSR count). The standard InChI is InChI=1S/C54H39N7O/c1-35-18-24-38(25-19-35)52-56-53(39-26-20-36(2)21-27-39)58-54(57-52)45-32-44-43-13-4-5-14-46(43)61(51-17-8-9-30-55-51)49(44)33-50(45)62-42-12-10-11-41(31-42)60-34-59(40-28-22-37(3)23-29-40)47-15-6-7-16-48(47)60/h4-33H,1-3H3/q+2. The van der Waals surface area contributed by atoms with Crippen molar-refractivity contribution < 1.29 is 4.74 Å². The van der Waals surface area contributed by atoms with E-state index in [2.05, 4.69) is 180 Å². The third-order valence-corrected chi connectivity index (χ3v) is 11.3. The minimum atomic E-state index is 0.498. The molecule has 62 heavy (non-hydrogen) atoms. The Hall–Kier alpha value is -8.32. The van der Waals surface area contributed by atoms with Gasteiger partial charge in [-0.25, -0.2) is 19.9 Å². The Kier molecular flexibility index (Phi) is 8.92. The molecule has 7 aromatic carbocycles. The molecule has 0 aliphatic carbocycles. The molecule has 0 saturated heterocycles. The monoisotopic (exact) mass is 801 g/mol. The summed E-state index contributed by atoms with van der Waals surface area (Å²) in [6.45, 7) is 6.25. The van der Waals surface area contributed by atoms with Crippen molar-refractivity contribution in [1.29, 1.82) is 0 Å². The van der Waals surface area contributed by atoms with Crippen LogP contribution in [-0.2, 0) is 0 Å². The Morgan fingerprint density at radius 1 is 0.484 bits per heavy atom. The number of rotatable bonds is 8. The normalized spacial score (nSPS) is 12.0. The van der Waals surface area contributed by atoms with Gasteiger partial charge in [-0.3, -0.25) is 4.57 Å². The first-order valence-electron chi connectivity index (χ1n) is 20.6. The Balaban J connectivity index is 1.13. The second-order valence-corrected chi connectivity index (χ2v) is 15.6. The van der Waals surface area contributed by atoms with Crippen LogP contribution in [0.1, 0.15) is 16.7 Å². The molecule has 0 atom stereocenters. The van der Waals surface area contributed by atoms with Gasteiger partial charge in [0.05, 0.1) is 22.7 Å². The van der Waals surface area contributed by atoms with Gasteiger partial charge < -0.3 is 4.74 Å². The second-order valence-electron chi connectivity index (χ2n) is 15.6. The lowest BCUT2D eigenvalue weighted by atomic mass is 10.1. The SMILES string of the molecule is Cc1ccc(-c2nc(-c3ccc(C)cc3)nc(-c3cc4c5ccccc5n(-c5ccccn5)c4cc3Oc3cccc([N+]4=C=[N+](c5ccc(C)cc5)c5ccccc54)c3)n2)cc1. The number of ether oxygens (including phenoxy) is 1. The Morgan fingerprint density at radius 3 is 1.74 bits per heavy atom. The molecular weight excluding hydrogens is 763 g/mol. The number of hydrogen-bond donors (Lipinski definition) is 0. The predicted octanol–water partition coefficient (Wildman–Crippen LogP) is 12.9. The van der Waals surface area contributed by atoms with Crippen LogP contribution in [0.4, 0.5) is 22.7 Å². The van der Waals surface area contributed by atoms with E-state index in [0.717, 1.165) is 78.2 Å². The van der Waals surface area contributed by atoms with Crippen LogP contribution in [0, 0.1) is 20.8 Å². The largest absolute Gasteiger partial charge is 0.503 e. The zero-order valence-corrected chi connectivity index (χ0v) is 34.4. The fourth-order valence-electron chi connectivity index (χ4n) is 8.10. The number of fused-ring (bicyclic) bond motifs is 4. The van der Waals surface area contributed by atoms with E-state index in [0.29, 0.717) is 29.0 Å². The molecule has 8 nitrogen and oxygen atoms in total. The van der Waals surface area contributed by atoms with Gasteiger partial charge >= 0.3 is 6.01 Å². The Bertz CT molecular complexity index is 3360. The fourth-order valence-corrected chi connectivity index (χ4v) is 8.10. The third-order valence-electron chi connectivity index (χ3n) is 11.3. The van der Waals surface area contributed by atoms with Gasteiger partial charge in [0.1, 0.15) is 17.3 Å². The van der Waals surface area contributed by atoms with Crippen LogP contribution < -0.4 is 13.9 Å². The summed E-state index contributed by atoms with van der Waals surface area (Å²) in [6, 6.07) is 63.8. The quantitative estimate of drug-likeness (QED) is 0.143. The molecule has 0 unspecified atom stereocenters. The van der Waals surface area contributed by atoms with Crippen LogP contribution in [0.5, 0.6) is 11.5 Å². The van der Waals surface area contributed by atoms with Gasteiger partial charge in [-0.2, -0.15) is 0 Å². The van der Waals surface area contributed by atoms with Gasteiger partial charge in [-0.15, -0.1) is 0 Å². The molecule has 1 aliphatic heterocycles. The molecule has 0 bridgehead atoms. The average Bonchev–Trinajstić information content (AvgIpc) is 3.86. The van der Waals surface area contributed by atoms with E-state index in [1.54, 1.807) is 0 Å². The van der Waals surface area contributed by atoms with Crippen LogP contribution in [0.3, 0.4) is 0 Å². The highest BCUT2D eigenvalue weighted by Gasteiger charge is 2.36. The molecule has 0 N–H and O–H groups in total. The topological polar surface area (TPSA) is 71.7 Å². The maximum atomic E-state index is 7.09. The first-order valence-corrected chi connectivity index (χ1v) is 20.6. The molecule has 0 radical (unpaired) electrons. The van der Waals surface area contributed by atoms with Crippen molar-refractivity contribution in [3.63, 3.8) is 0 Å². The molecule has 4 heterocycles. The molecular formula is C54H39N7O+2. The molecule has 1 aliphatic rings. The van der Waals surface area contributed by atoms with Gasteiger partial charge in [0.2, 0.25) is 11.4 Å². The van der Waals surface area contributed by atoms with Crippen molar-refractivity contribution in [2.24, 2.45) is 0 Å². The molecule has 8 heteroatoms. The highest BCUT2D eigenvalue weighted by molar-refractivity contribution is 6.11. The van der Waals surface area contributed by atoms with Crippen LogP contribution in [0.25, 0.3) is 61.8 Å². The number of nitrogens with zero attached hydrogens (tertiary/aromatic N) is 7. The van der Waals surface area contributed by atoms with Crippen molar-refractivity contribution in [3.8, 4) is 51.5 Å². The average molecular weight is 802 g/mol. The second kappa shape index (κ2) is 15.1. The van der Waals surface area contributed by atoms with Gasteiger partial charge in [0.15, 0.2) is 17.5 Å². The first kappa shape index (κ1) is 36.7. The van der Waals surface area contributed by atoms with Crippen LogP contribution in [0.2, 0.25) is 0 Å². The number of aromatic nitrogens is 5. The summed E-state index contributed by atoms with van der Waals surface area (Å²) in [7, 11) is 0. The number of pyridine rings is 1. The lowest BCUT2D eigenvalue weighted by Crippen LogP contribution is -2.02. The predicted molar refractivity (Wildman–Crippen MR) is 250 cm³/mol. The highest BCUT2D eigenvalue weighted by Crippen LogP contribution is 2.43. The van der Waals surface area contributed by atoms with Crippen molar-refractivity contribution in [2.75, 3.05) is 0 Å². The molecule has 3 aromatic heterocycles. The number of para-hydroxylation sites is 3. The van der Waals surface area contributed by atoms with Crippen LogP contribution in [-0.4, -0.2) is 30.5 Å². The van der Waals surface area contributed by atoms with Crippen molar-refractivity contribution in [3.05, 3.63) is 199 Å². The molecule has 10 aromatic rings. The third kappa shape index (κ3) is 6.61. The van der Waals surface area contributed by atoms with E-state index >= 15 is 0 Å². The number of hydrogen-bond acceptors (Lipinski definition) is 5. The van der Waals surface area contributed by atoms with Crippen LogP contribution >= 0.6 is 0 Å². The zero-order valence-electron chi connectivity index (χ0n) is 34.4. The summed E-state index contributed by atoms with van der Waals surface area (Å²) >= 11 is 0. The fraction of sp³-hybridized carbons (Fsp3) is 0.0556. The van der Waals surface area contributed by atoms with E-state index in [9.17, 15) is 0 Å². The van der Waals surface area contributed by atoms with Gasteiger partial charge in [-0.1, -0.05) is 120 Å². The molecule has 0 fully saturated rings. The molecule has 0 saturated carbocycles. The summed E-state index contributed by atoms with van der Waals surface area (Å²) in [6.07, 6.45) is 1.82. The maximum Gasteiger partial charge on any atom is 0.503 e. The summed E-state index contributed by atoms with van der Waals surface area (Å²) < 4.78 is 13.5. The van der Waals surface area contributed by atoms with Crippen molar-refractivity contribution in [1.82, 2.24) is 33.7 Å². The van der Waals surface area contributed by atoms with E-state index in [1.807, 2.05) is 42.6 Å².